The number of fused-ring (bicyclic) bond motifs is 1. The minimum atomic E-state index is 0.440. The van der Waals surface area contributed by atoms with Crippen LogP contribution in [0.3, 0.4) is 0 Å². The first-order chi connectivity index (χ1) is 10.3. The number of nitrogens with zero attached hydrogens (tertiary/aromatic N) is 1. The van der Waals surface area contributed by atoms with Crippen LogP contribution in [0.25, 0.3) is 0 Å². The van der Waals surface area contributed by atoms with Crippen molar-refractivity contribution in [2.24, 2.45) is 0 Å². The fourth-order valence-electron chi connectivity index (χ4n) is 3.30. The van der Waals surface area contributed by atoms with Crippen molar-refractivity contribution in [2.75, 3.05) is 18.8 Å². The molecular weight excluding hydrogens is 256 g/mol. The number of unbranched alkanes of at least 4 members (excludes halogenated alkanes) is 1. The van der Waals surface area contributed by atoms with Gasteiger partial charge >= 0.3 is 0 Å². The SMILES string of the molecule is CCCCN1Cc2c(N)cccc2C(c2ccccc2)C1. The van der Waals surface area contributed by atoms with Crippen molar-refractivity contribution in [1.82, 2.24) is 4.90 Å². The number of anilines is 1. The second-order valence-corrected chi connectivity index (χ2v) is 5.97. The van der Waals surface area contributed by atoms with Crippen LogP contribution in [0.4, 0.5) is 5.69 Å². The number of rotatable bonds is 4. The number of hydrogen-bond acceptors (Lipinski definition) is 2. The van der Waals surface area contributed by atoms with Gasteiger partial charge in [-0.05, 0) is 35.7 Å². The van der Waals surface area contributed by atoms with Crippen LogP contribution in [0.15, 0.2) is 48.5 Å². The van der Waals surface area contributed by atoms with E-state index in [9.17, 15) is 0 Å². The molecule has 1 aliphatic rings. The summed E-state index contributed by atoms with van der Waals surface area (Å²) in [4.78, 5) is 2.56. The quantitative estimate of drug-likeness (QED) is 0.857. The van der Waals surface area contributed by atoms with E-state index in [4.69, 9.17) is 5.73 Å². The molecule has 1 heterocycles. The molecule has 2 heteroatoms. The van der Waals surface area contributed by atoms with Gasteiger partial charge in [-0.3, -0.25) is 4.90 Å². The molecule has 2 N–H and O–H groups in total. The molecule has 0 fully saturated rings. The average Bonchev–Trinajstić information content (AvgIpc) is 2.54. The monoisotopic (exact) mass is 280 g/mol. The molecule has 2 aromatic carbocycles. The van der Waals surface area contributed by atoms with Crippen molar-refractivity contribution in [1.29, 1.82) is 0 Å². The molecular formula is C19H24N2. The Hall–Kier alpha value is -1.80. The second-order valence-electron chi connectivity index (χ2n) is 5.97. The normalized spacial score (nSPS) is 18.4. The van der Waals surface area contributed by atoms with Gasteiger partial charge in [0.1, 0.15) is 0 Å². The highest BCUT2D eigenvalue weighted by Crippen LogP contribution is 2.35. The maximum absolute atomic E-state index is 6.25. The molecule has 1 unspecified atom stereocenters. The summed E-state index contributed by atoms with van der Waals surface area (Å²) >= 11 is 0. The Balaban J connectivity index is 1.97. The molecule has 0 saturated heterocycles. The second kappa shape index (κ2) is 6.31. The van der Waals surface area contributed by atoms with Crippen molar-refractivity contribution < 1.29 is 0 Å². The van der Waals surface area contributed by atoms with E-state index < -0.39 is 0 Å². The standard InChI is InChI=1S/C19H24N2/c1-2-3-12-21-13-17(15-8-5-4-6-9-15)16-10-7-11-19(20)18(16)14-21/h4-11,17H,2-3,12-14,20H2,1H3. The minimum absolute atomic E-state index is 0.440. The van der Waals surface area contributed by atoms with Crippen LogP contribution < -0.4 is 5.73 Å². The lowest BCUT2D eigenvalue weighted by atomic mass is 9.84. The summed E-state index contributed by atoms with van der Waals surface area (Å²) in [5, 5.41) is 0. The molecule has 1 atom stereocenters. The summed E-state index contributed by atoms with van der Waals surface area (Å²) in [6.45, 7) is 5.50. The van der Waals surface area contributed by atoms with Crippen molar-refractivity contribution in [2.45, 2.75) is 32.2 Å². The molecule has 3 rings (SSSR count). The average molecular weight is 280 g/mol. The third-order valence-corrected chi connectivity index (χ3v) is 4.48. The van der Waals surface area contributed by atoms with E-state index in [2.05, 4.69) is 54.3 Å². The molecule has 0 saturated carbocycles. The van der Waals surface area contributed by atoms with E-state index in [1.54, 1.807) is 0 Å². The van der Waals surface area contributed by atoms with Crippen LogP contribution in [-0.4, -0.2) is 18.0 Å². The molecule has 0 bridgehead atoms. The van der Waals surface area contributed by atoms with Gasteiger partial charge in [0, 0.05) is 24.7 Å². The highest BCUT2D eigenvalue weighted by molar-refractivity contribution is 5.55. The Labute approximate surface area is 127 Å². The van der Waals surface area contributed by atoms with Crippen molar-refractivity contribution >= 4 is 5.69 Å². The molecule has 1 aliphatic heterocycles. The van der Waals surface area contributed by atoms with Crippen molar-refractivity contribution in [3.05, 3.63) is 65.2 Å². The maximum Gasteiger partial charge on any atom is 0.0362 e. The predicted octanol–water partition coefficient (Wildman–Crippen LogP) is 4.02. The number of hydrogen-bond donors (Lipinski definition) is 1. The summed E-state index contributed by atoms with van der Waals surface area (Å²) in [7, 11) is 0. The molecule has 2 aromatic rings. The first-order valence-electron chi connectivity index (χ1n) is 7.94. The fourth-order valence-corrected chi connectivity index (χ4v) is 3.30. The zero-order valence-electron chi connectivity index (χ0n) is 12.8. The maximum atomic E-state index is 6.25. The molecule has 0 aliphatic carbocycles. The number of nitrogen functional groups attached to an aromatic ring is 1. The van der Waals surface area contributed by atoms with Gasteiger partial charge in [0.05, 0.1) is 0 Å². The topological polar surface area (TPSA) is 29.3 Å². The summed E-state index contributed by atoms with van der Waals surface area (Å²) in [6, 6.07) is 17.2. The van der Waals surface area contributed by atoms with E-state index in [1.807, 2.05) is 6.07 Å². The lowest BCUT2D eigenvalue weighted by molar-refractivity contribution is 0.237. The molecule has 0 radical (unpaired) electrons. The van der Waals surface area contributed by atoms with Gasteiger partial charge in [0.25, 0.3) is 0 Å². The fraction of sp³-hybridized carbons (Fsp3) is 0.368. The molecule has 2 nitrogen and oxygen atoms in total. The van der Waals surface area contributed by atoms with E-state index in [0.29, 0.717) is 5.92 Å². The summed E-state index contributed by atoms with van der Waals surface area (Å²) in [5.41, 5.74) is 11.3. The molecule has 0 aromatic heterocycles. The van der Waals surface area contributed by atoms with Crippen LogP contribution in [0, 0.1) is 0 Å². The molecule has 110 valence electrons. The van der Waals surface area contributed by atoms with Gasteiger partial charge < -0.3 is 5.73 Å². The number of benzene rings is 2. The summed E-state index contributed by atoms with van der Waals surface area (Å²) < 4.78 is 0. The van der Waals surface area contributed by atoms with E-state index in [0.717, 1.165) is 25.3 Å². The van der Waals surface area contributed by atoms with Crippen LogP contribution in [-0.2, 0) is 6.54 Å². The van der Waals surface area contributed by atoms with Gasteiger partial charge in [0.2, 0.25) is 0 Å². The van der Waals surface area contributed by atoms with Crippen molar-refractivity contribution in [3.8, 4) is 0 Å². The van der Waals surface area contributed by atoms with Gasteiger partial charge in [-0.25, -0.2) is 0 Å². The molecule has 21 heavy (non-hydrogen) atoms. The van der Waals surface area contributed by atoms with Gasteiger partial charge in [-0.15, -0.1) is 0 Å². The van der Waals surface area contributed by atoms with Gasteiger partial charge in [-0.1, -0.05) is 55.8 Å². The van der Waals surface area contributed by atoms with Crippen LogP contribution in [0.2, 0.25) is 0 Å². The third-order valence-electron chi connectivity index (χ3n) is 4.48. The first kappa shape index (κ1) is 14.2. The summed E-state index contributed by atoms with van der Waals surface area (Å²) in [6.07, 6.45) is 2.49. The van der Waals surface area contributed by atoms with Crippen molar-refractivity contribution in [3.63, 3.8) is 0 Å². The third kappa shape index (κ3) is 2.96. The van der Waals surface area contributed by atoms with E-state index in [1.165, 1.54) is 29.5 Å². The Bertz CT molecular complexity index is 592. The Morgan fingerprint density at radius 1 is 1.10 bits per heavy atom. The Kier molecular flexibility index (Phi) is 4.26. The lowest BCUT2D eigenvalue weighted by Crippen LogP contribution is -2.35. The first-order valence-corrected chi connectivity index (χ1v) is 7.94. The Morgan fingerprint density at radius 3 is 2.67 bits per heavy atom. The van der Waals surface area contributed by atoms with E-state index >= 15 is 0 Å². The van der Waals surface area contributed by atoms with Crippen LogP contribution in [0.5, 0.6) is 0 Å². The molecule has 0 amide bonds. The molecule has 0 spiro atoms. The van der Waals surface area contributed by atoms with Crippen LogP contribution >= 0.6 is 0 Å². The van der Waals surface area contributed by atoms with Gasteiger partial charge in [0.15, 0.2) is 0 Å². The largest absolute Gasteiger partial charge is 0.398 e. The highest BCUT2D eigenvalue weighted by Gasteiger charge is 2.27. The summed E-state index contributed by atoms with van der Waals surface area (Å²) in [5.74, 6) is 0.440. The minimum Gasteiger partial charge on any atom is -0.398 e. The highest BCUT2D eigenvalue weighted by atomic mass is 15.1. The Morgan fingerprint density at radius 2 is 1.90 bits per heavy atom. The zero-order chi connectivity index (χ0) is 14.7. The lowest BCUT2D eigenvalue weighted by Gasteiger charge is -2.35. The zero-order valence-corrected chi connectivity index (χ0v) is 12.8. The van der Waals surface area contributed by atoms with E-state index in [-0.39, 0.29) is 0 Å². The smallest absolute Gasteiger partial charge is 0.0362 e. The predicted molar refractivity (Wildman–Crippen MR) is 89.3 cm³/mol. The van der Waals surface area contributed by atoms with Gasteiger partial charge in [-0.2, -0.15) is 0 Å². The van der Waals surface area contributed by atoms with Crippen LogP contribution in [0.1, 0.15) is 42.4 Å². The number of nitrogens with two attached hydrogens (primary N) is 1.